The van der Waals surface area contributed by atoms with Gasteiger partial charge in [0.1, 0.15) is 17.3 Å². The number of benzene rings is 3. The van der Waals surface area contributed by atoms with Crippen molar-refractivity contribution in [1.82, 2.24) is 9.97 Å². The molecule has 156 valence electrons. The van der Waals surface area contributed by atoms with E-state index in [9.17, 15) is 14.9 Å². The molecule has 9 nitrogen and oxygen atoms in total. The molecule has 4 aromatic rings. The lowest BCUT2D eigenvalue weighted by Crippen LogP contribution is -2.20. The third-order valence-electron chi connectivity index (χ3n) is 4.55. The number of fused-ring (bicyclic) bond motifs is 1. The maximum absolute atomic E-state index is 12.3. The molecule has 1 amide bonds. The summed E-state index contributed by atoms with van der Waals surface area (Å²) in [6.07, 6.45) is 0. The van der Waals surface area contributed by atoms with Crippen molar-refractivity contribution in [3.8, 4) is 22.9 Å². The van der Waals surface area contributed by atoms with Gasteiger partial charge in [0.05, 0.1) is 28.6 Å². The molecule has 0 spiro atoms. The van der Waals surface area contributed by atoms with Crippen LogP contribution in [0.3, 0.4) is 0 Å². The number of non-ortho nitro benzene ring substituents is 1. The zero-order valence-corrected chi connectivity index (χ0v) is 16.5. The molecule has 4 rings (SSSR count). The standard InChI is InChI=1S/C22H18N4O5/c1-30-16-9-6-14(7-10-16)23-21(27)13-31-20-5-3-2-4-17(20)22-24-18-11-8-15(26(28)29)12-19(18)25-22/h2-12H,13H2,1H3,(H,23,27)(H,24,25). The van der Waals surface area contributed by atoms with Gasteiger partial charge >= 0.3 is 0 Å². The summed E-state index contributed by atoms with van der Waals surface area (Å²) in [5.74, 6) is 1.32. The summed E-state index contributed by atoms with van der Waals surface area (Å²) in [6.45, 7) is -0.200. The first-order valence-corrected chi connectivity index (χ1v) is 9.34. The van der Waals surface area contributed by atoms with Crippen molar-refractivity contribution in [2.24, 2.45) is 0 Å². The predicted molar refractivity (Wildman–Crippen MR) is 115 cm³/mol. The quantitative estimate of drug-likeness (QED) is 0.343. The topological polar surface area (TPSA) is 119 Å². The fraction of sp³-hybridized carbons (Fsp3) is 0.0909. The molecule has 0 saturated carbocycles. The molecule has 0 radical (unpaired) electrons. The van der Waals surface area contributed by atoms with Crippen molar-refractivity contribution in [3.05, 3.63) is 76.8 Å². The van der Waals surface area contributed by atoms with Crippen molar-refractivity contribution in [1.29, 1.82) is 0 Å². The van der Waals surface area contributed by atoms with Crippen LogP contribution in [0.5, 0.6) is 11.5 Å². The van der Waals surface area contributed by atoms with Crippen molar-refractivity contribution in [2.75, 3.05) is 19.0 Å². The van der Waals surface area contributed by atoms with Crippen LogP contribution in [0.2, 0.25) is 0 Å². The fourth-order valence-electron chi connectivity index (χ4n) is 3.04. The minimum Gasteiger partial charge on any atom is -0.497 e. The summed E-state index contributed by atoms with van der Waals surface area (Å²) in [6, 6.07) is 18.5. The molecular weight excluding hydrogens is 400 g/mol. The van der Waals surface area contributed by atoms with Gasteiger partial charge in [0.15, 0.2) is 6.61 Å². The monoisotopic (exact) mass is 418 g/mol. The second kappa shape index (κ2) is 8.54. The Bertz CT molecular complexity index is 1250. The Labute approximate surface area is 176 Å². The molecule has 9 heteroatoms. The molecule has 0 atom stereocenters. The summed E-state index contributed by atoms with van der Waals surface area (Å²) in [7, 11) is 1.57. The number of anilines is 1. The Kier molecular flexibility index (Phi) is 5.48. The van der Waals surface area contributed by atoms with Gasteiger partial charge in [-0.15, -0.1) is 0 Å². The average Bonchev–Trinajstić information content (AvgIpc) is 3.21. The molecule has 0 bridgehead atoms. The second-order valence-corrected chi connectivity index (χ2v) is 6.61. The van der Waals surface area contributed by atoms with Gasteiger partial charge < -0.3 is 19.8 Å². The zero-order chi connectivity index (χ0) is 21.8. The number of H-pyrrole nitrogens is 1. The number of nitro groups is 1. The first-order valence-electron chi connectivity index (χ1n) is 9.34. The van der Waals surface area contributed by atoms with E-state index >= 15 is 0 Å². The van der Waals surface area contributed by atoms with E-state index in [0.29, 0.717) is 39.6 Å². The van der Waals surface area contributed by atoms with Gasteiger partial charge in [-0.05, 0) is 42.5 Å². The number of methoxy groups -OCH3 is 1. The highest BCUT2D eigenvalue weighted by Gasteiger charge is 2.14. The number of hydrogen-bond donors (Lipinski definition) is 2. The third kappa shape index (κ3) is 4.45. The minimum absolute atomic E-state index is 0.0255. The normalized spacial score (nSPS) is 10.6. The van der Waals surface area contributed by atoms with Crippen molar-refractivity contribution in [2.45, 2.75) is 0 Å². The maximum atomic E-state index is 12.3. The molecule has 2 N–H and O–H groups in total. The molecule has 0 aliphatic rings. The van der Waals surface area contributed by atoms with E-state index in [1.165, 1.54) is 12.1 Å². The fourth-order valence-corrected chi connectivity index (χ4v) is 3.04. The van der Waals surface area contributed by atoms with Gasteiger partial charge in [-0.1, -0.05) is 12.1 Å². The highest BCUT2D eigenvalue weighted by molar-refractivity contribution is 5.92. The number of nitro benzene ring substituents is 1. The highest BCUT2D eigenvalue weighted by Crippen LogP contribution is 2.30. The summed E-state index contributed by atoms with van der Waals surface area (Å²) < 4.78 is 10.8. The number of hydrogen-bond acceptors (Lipinski definition) is 6. The van der Waals surface area contributed by atoms with Gasteiger partial charge in [0.2, 0.25) is 0 Å². The Balaban J connectivity index is 1.50. The van der Waals surface area contributed by atoms with E-state index in [0.717, 1.165) is 0 Å². The first kappa shape index (κ1) is 19.9. The molecular formula is C22H18N4O5. The van der Waals surface area contributed by atoms with Crippen molar-refractivity contribution in [3.63, 3.8) is 0 Å². The number of para-hydroxylation sites is 1. The Morgan fingerprint density at radius 3 is 2.65 bits per heavy atom. The van der Waals surface area contributed by atoms with E-state index in [4.69, 9.17) is 9.47 Å². The number of imidazole rings is 1. The van der Waals surface area contributed by atoms with Crippen LogP contribution in [0.15, 0.2) is 66.7 Å². The molecule has 0 fully saturated rings. The maximum Gasteiger partial charge on any atom is 0.271 e. The van der Waals surface area contributed by atoms with Gasteiger partial charge in [-0.25, -0.2) is 4.98 Å². The first-order chi connectivity index (χ1) is 15.0. The van der Waals surface area contributed by atoms with E-state index < -0.39 is 4.92 Å². The third-order valence-corrected chi connectivity index (χ3v) is 4.55. The number of nitrogens with zero attached hydrogens (tertiary/aromatic N) is 2. The largest absolute Gasteiger partial charge is 0.497 e. The van der Waals surface area contributed by atoms with Crippen molar-refractivity contribution >= 4 is 28.3 Å². The van der Waals surface area contributed by atoms with Gasteiger partial charge in [0, 0.05) is 17.8 Å². The second-order valence-electron chi connectivity index (χ2n) is 6.61. The lowest BCUT2D eigenvalue weighted by Gasteiger charge is -2.10. The summed E-state index contributed by atoms with van der Waals surface area (Å²) in [5, 5.41) is 13.7. The van der Waals surface area contributed by atoms with Crippen LogP contribution >= 0.6 is 0 Å². The number of carbonyl (C=O) groups is 1. The number of amides is 1. The summed E-state index contributed by atoms with van der Waals surface area (Å²) in [4.78, 5) is 30.4. The van der Waals surface area contributed by atoms with Crippen LogP contribution < -0.4 is 14.8 Å². The summed E-state index contributed by atoms with van der Waals surface area (Å²) >= 11 is 0. The van der Waals surface area contributed by atoms with E-state index in [2.05, 4.69) is 15.3 Å². The minimum atomic E-state index is -0.460. The molecule has 0 unspecified atom stereocenters. The Morgan fingerprint density at radius 2 is 1.90 bits per heavy atom. The number of ether oxygens (including phenoxy) is 2. The van der Waals surface area contributed by atoms with Crippen LogP contribution in [0.25, 0.3) is 22.4 Å². The smallest absolute Gasteiger partial charge is 0.271 e. The number of carbonyl (C=O) groups excluding carboxylic acids is 1. The van der Waals surface area contributed by atoms with Crippen LogP contribution in [0, 0.1) is 10.1 Å². The molecule has 0 saturated heterocycles. The molecule has 0 aliphatic heterocycles. The summed E-state index contributed by atoms with van der Waals surface area (Å²) in [5.41, 5.74) is 2.37. The lowest BCUT2D eigenvalue weighted by molar-refractivity contribution is -0.384. The lowest BCUT2D eigenvalue weighted by atomic mass is 10.2. The molecule has 31 heavy (non-hydrogen) atoms. The van der Waals surface area contributed by atoms with Crippen molar-refractivity contribution < 1.29 is 19.2 Å². The van der Waals surface area contributed by atoms with E-state index in [1.807, 2.05) is 6.07 Å². The van der Waals surface area contributed by atoms with Crippen LogP contribution in [-0.4, -0.2) is 34.5 Å². The number of rotatable bonds is 7. The van der Waals surface area contributed by atoms with Crippen LogP contribution in [0.4, 0.5) is 11.4 Å². The highest BCUT2D eigenvalue weighted by atomic mass is 16.6. The molecule has 0 aliphatic carbocycles. The Hall–Kier alpha value is -4.40. The molecule has 1 aromatic heterocycles. The van der Waals surface area contributed by atoms with Gasteiger partial charge in [0.25, 0.3) is 11.6 Å². The van der Waals surface area contributed by atoms with E-state index in [-0.39, 0.29) is 18.2 Å². The Morgan fingerprint density at radius 1 is 1.13 bits per heavy atom. The van der Waals surface area contributed by atoms with Crippen LogP contribution in [-0.2, 0) is 4.79 Å². The number of aromatic amines is 1. The SMILES string of the molecule is COc1ccc(NC(=O)COc2ccccc2-c2nc3ccc([N+](=O)[O-])cc3[nH]2)cc1. The van der Waals surface area contributed by atoms with E-state index in [1.54, 1.807) is 55.6 Å². The van der Waals surface area contributed by atoms with Gasteiger partial charge in [-0.3, -0.25) is 14.9 Å². The number of aromatic nitrogens is 2. The molecule has 1 heterocycles. The van der Waals surface area contributed by atoms with Gasteiger partial charge in [-0.2, -0.15) is 0 Å². The predicted octanol–water partition coefficient (Wildman–Crippen LogP) is 4.16. The molecule has 3 aromatic carbocycles. The number of nitrogens with one attached hydrogen (secondary N) is 2. The zero-order valence-electron chi connectivity index (χ0n) is 16.5. The van der Waals surface area contributed by atoms with Crippen LogP contribution in [0.1, 0.15) is 0 Å². The average molecular weight is 418 g/mol.